The number of nitrogens with one attached hydrogen (secondary N) is 1. The van der Waals surface area contributed by atoms with Crippen LogP contribution in [0.1, 0.15) is 12.5 Å². The lowest BCUT2D eigenvalue weighted by Crippen LogP contribution is -2.61. The summed E-state index contributed by atoms with van der Waals surface area (Å²) in [6.45, 7) is 0.0707. The number of hydrazine groups is 1. The molecule has 1 saturated heterocycles. The minimum atomic E-state index is -4.69. The molecule has 2 atom stereocenters. The van der Waals surface area contributed by atoms with Crippen LogP contribution in [0, 0.1) is 0 Å². The third-order valence-corrected chi connectivity index (χ3v) is 4.62. The highest BCUT2D eigenvalue weighted by Crippen LogP contribution is 2.34. The topological polar surface area (TPSA) is 65.0 Å². The van der Waals surface area contributed by atoms with Gasteiger partial charge in [0.1, 0.15) is 18.8 Å². The molecule has 29 heavy (non-hydrogen) atoms. The molecule has 0 bridgehead atoms. The Kier molecular flexibility index (Phi) is 5.80. The normalized spacial score (nSPS) is 21.3. The number of rotatable bonds is 5. The van der Waals surface area contributed by atoms with Crippen LogP contribution < -0.4 is 5.43 Å². The van der Waals surface area contributed by atoms with Crippen LogP contribution in [0.2, 0.25) is 0 Å². The Bertz CT molecular complexity index is 826. The van der Waals surface area contributed by atoms with Gasteiger partial charge >= 0.3 is 6.18 Å². The minimum Gasteiger partial charge on any atom is -0.488 e. The van der Waals surface area contributed by atoms with Crippen LogP contribution in [0.5, 0.6) is 0 Å². The summed E-state index contributed by atoms with van der Waals surface area (Å²) in [6, 6.07) is 6.34. The van der Waals surface area contributed by atoms with Crippen molar-refractivity contribution in [3.63, 3.8) is 0 Å². The number of halogens is 5. The predicted octanol–water partition coefficient (Wildman–Crippen LogP) is 2.50. The van der Waals surface area contributed by atoms with Crippen molar-refractivity contribution in [2.45, 2.75) is 38.3 Å². The maximum Gasteiger partial charge on any atom is 0.408 e. The SMILES string of the molecule is C[C@@H](N1CNN2C=C(C(F)F)C(O)C(OCc3ccccc3)=C2C1=O)C(F)(F)F. The molecular formula is C18H18F5N3O3. The zero-order valence-corrected chi connectivity index (χ0v) is 15.2. The second-order valence-electron chi connectivity index (χ2n) is 6.50. The van der Waals surface area contributed by atoms with E-state index in [1.165, 1.54) is 0 Å². The summed E-state index contributed by atoms with van der Waals surface area (Å²) in [5.41, 5.74) is 1.87. The molecule has 2 aliphatic heterocycles. The minimum absolute atomic E-state index is 0.177. The number of carbonyl (C=O) groups excluding carboxylic acids is 1. The molecule has 3 rings (SSSR count). The predicted molar refractivity (Wildman–Crippen MR) is 90.6 cm³/mol. The van der Waals surface area contributed by atoms with E-state index in [2.05, 4.69) is 5.43 Å². The molecule has 11 heteroatoms. The summed E-state index contributed by atoms with van der Waals surface area (Å²) >= 11 is 0. The van der Waals surface area contributed by atoms with Crippen molar-refractivity contribution >= 4 is 5.91 Å². The fraction of sp³-hybridized carbons (Fsp3) is 0.389. The number of alkyl halides is 5. The third-order valence-electron chi connectivity index (χ3n) is 4.62. The van der Waals surface area contributed by atoms with Gasteiger partial charge in [-0.2, -0.15) is 13.2 Å². The lowest BCUT2D eigenvalue weighted by molar-refractivity contribution is -0.189. The van der Waals surface area contributed by atoms with E-state index in [0.717, 1.165) is 18.1 Å². The van der Waals surface area contributed by atoms with Crippen LogP contribution >= 0.6 is 0 Å². The number of amides is 1. The quantitative estimate of drug-likeness (QED) is 0.719. The summed E-state index contributed by atoms with van der Waals surface area (Å²) in [7, 11) is 0. The monoisotopic (exact) mass is 419 g/mol. The van der Waals surface area contributed by atoms with Crippen LogP contribution in [0.25, 0.3) is 0 Å². The van der Waals surface area contributed by atoms with E-state index >= 15 is 0 Å². The number of hydrogen-bond donors (Lipinski definition) is 2. The summed E-state index contributed by atoms with van der Waals surface area (Å²) in [6.07, 6.45) is -8.93. The van der Waals surface area contributed by atoms with E-state index in [1.54, 1.807) is 30.3 Å². The number of aliphatic hydroxyl groups is 1. The van der Waals surface area contributed by atoms with E-state index in [4.69, 9.17) is 4.74 Å². The molecule has 2 N–H and O–H groups in total. The molecule has 6 nitrogen and oxygen atoms in total. The smallest absolute Gasteiger partial charge is 0.408 e. The van der Waals surface area contributed by atoms with Crippen molar-refractivity contribution in [3.05, 3.63) is 59.1 Å². The second-order valence-corrected chi connectivity index (χ2v) is 6.50. The first-order valence-electron chi connectivity index (χ1n) is 8.60. The molecule has 0 saturated carbocycles. The van der Waals surface area contributed by atoms with E-state index in [0.29, 0.717) is 10.5 Å². The molecule has 2 aliphatic rings. The maximum absolute atomic E-state index is 13.3. The number of nitrogens with zero attached hydrogens (tertiary/aromatic N) is 2. The zero-order valence-electron chi connectivity index (χ0n) is 15.2. The molecule has 1 unspecified atom stereocenters. The average molecular weight is 419 g/mol. The molecule has 1 aromatic carbocycles. The van der Waals surface area contributed by atoms with Crippen LogP contribution in [0.4, 0.5) is 22.0 Å². The first kappa shape index (κ1) is 21.1. The lowest BCUT2D eigenvalue weighted by atomic mass is 10.0. The van der Waals surface area contributed by atoms with Crippen molar-refractivity contribution in [1.29, 1.82) is 0 Å². The van der Waals surface area contributed by atoms with Gasteiger partial charge in [-0.25, -0.2) is 14.2 Å². The number of ether oxygens (including phenoxy) is 1. The van der Waals surface area contributed by atoms with Gasteiger partial charge in [0.05, 0.1) is 6.67 Å². The van der Waals surface area contributed by atoms with Crippen molar-refractivity contribution in [2.75, 3.05) is 6.67 Å². The number of aliphatic hydroxyl groups excluding tert-OH is 1. The molecular weight excluding hydrogens is 401 g/mol. The third kappa shape index (κ3) is 4.20. The maximum atomic E-state index is 13.3. The molecule has 0 aromatic heterocycles. The molecule has 0 radical (unpaired) electrons. The first-order chi connectivity index (χ1) is 13.6. The second kappa shape index (κ2) is 7.99. The molecule has 1 fully saturated rings. The van der Waals surface area contributed by atoms with Gasteiger partial charge in [0.2, 0.25) is 0 Å². The van der Waals surface area contributed by atoms with E-state index in [-0.39, 0.29) is 6.61 Å². The number of carbonyl (C=O) groups is 1. The van der Waals surface area contributed by atoms with Gasteiger partial charge in [-0.3, -0.25) is 9.80 Å². The fourth-order valence-electron chi connectivity index (χ4n) is 2.92. The Hall–Kier alpha value is -2.66. The highest BCUT2D eigenvalue weighted by molar-refractivity contribution is 5.95. The number of benzene rings is 1. The van der Waals surface area contributed by atoms with Gasteiger partial charge in [0.15, 0.2) is 11.5 Å². The van der Waals surface area contributed by atoms with Gasteiger partial charge in [0.25, 0.3) is 12.3 Å². The number of fused-ring (bicyclic) bond motifs is 1. The highest BCUT2D eigenvalue weighted by atomic mass is 19.4. The molecule has 2 heterocycles. The van der Waals surface area contributed by atoms with Crippen molar-refractivity contribution in [2.24, 2.45) is 0 Å². The summed E-state index contributed by atoms with van der Waals surface area (Å²) < 4.78 is 71.4. The Morgan fingerprint density at radius 3 is 2.52 bits per heavy atom. The highest BCUT2D eigenvalue weighted by Gasteiger charge is 2.48. The van der Waals surface area contributed by atoms with Crippen LogP contribution in [0.3, 0.4) is 0 Å². The Morgan fingerprint density at radius 1 is 1.28 bits per heavy atom. The van der Waals surface area contributed by atoms with Gasteiger partial charge < -0.3 is 14.7 Å². The average Bonchev–Trinajstić information content (AvgIpc) is 2.66. The molecule has 1 aromatic rings. The van der Waals surface area contributed by atoms with Crippen LogP contribution in [0.15, 0.2) is 53.6 Å². The van der Waals surface area contributed by atoms with E-state index < -0.39 is 54.4 Å². The summed E-state index contributed by atoms with van der Waals surface area (Å²) in [5.74, 6) is -1.64. The molecule has 0 aliphatic carbocycles. The zero-order chi connectivity index (χ0) is 21.3. The molecule has 158 valence electrons. The fourth-order valence-corrected chi connectivity index (χ4v) is 2.92. The van der Waals surface area contributed by atoms with Crippen molar-refractivity contribution in [3.8, 4) is 0 Å². The molecule has 0 spiro atoms. The van der Waals surface area contributed by atoms with Gasteiger partial charge in [-0.15, -0.1) is 0 Å². The largest absolute Gasteiger partial charge is 0.488 e. The Balaban J connectivity index is 1.96. The van der Waals surface area contributed by atoms with Gasteiger partial charge in [-0.05, 0) is 12.5 Å². The summed E-state index contributed by atoms with van der Waals surface area (Å²) in [5, 5.41) is 11.2. The lowest BCUT2D eigenvalue weighted by Gasteiger charge is -2.42. The summed E-state index contributed by atoms with van der Waals surface area (Å²) in [4.78, 5) is 13.3. The Morgan fingerprint density at radius 2 is 1.93 bits per heavy atom. The van der Waals surface area contributed by atoms with E-state index in [1.807, 2.05) is 0 Å². The van der Waals surface area contributed by atoms with E-state index in [9.17, 15) is 31.9 Å². The van der Waals surface area contributed by atoms with Crippen LogP contribution in [-0.4, -0.2) is 52.3 Å². The van der Waals surface area contributed by atoms with Gasteiger partial charge in [-0.1, -0.05) is 30.3 Å². The van der Waals surface area contributed by atoms with Crippen molar-refractivity contribution in [1.82, 2.24) is 15.3 Å². The van der Waals surface area contributed by atoms with Crippen LogP contribution in [-0.2, 0) is 16.1 Å². The standard InChI is InChI=1S/C18H18F5N3O3/c1-10(18(21,22)23)25-9-24-26-7-12(16(19)20)14(27)15(13(26)17(25)28)29-8-11-5-3-2-4-6-11/h2-7,10,14,16,24,27H,8-9H2,1H3/t10-,14?/m1/s1. The Labute approximate surface area is 162 Å². The van der Waals surface area contributed by atoms with Crippen molar-refractivity contribution < 1.29 is 36.6 Å². The molecule has 1 amide bonds. The number of hydrogen-bond acceptors (Lipinski definition) is 5. The first-order valence-corrected chi connectivity index (χ1v) is 8.60. The van der Waals surface area contributed by atoms with Gasteiger partial charge in [0, 0.05) is 11.8 Å².